The molecule has 3 heterocycles. The Morgan fingerprint density at radius 3 is 2.68 bits per heavy atom. The fourth-order valence-electron chi connectivity index (χ4n) is 4.97. The van der Waals surface area contributed by atoms with Gasteiger partial charge in [0, 0.05) is 49.2 Å². The molecule has 28 heavy (non-hydrogen) atoms. The lowest BCUT2D eigenvalue weighted by molar-refractivity contribution is -0.137. The van der Waals surface area contributed by atoms with Gasteiger partial charge in [-0.05, 0) is 60.2 Å². The van der Waals surface area contributed by atoms with Crippen molar-refractivity contribution in [2.24, 2.45) is 5.92 Å². The van der Waals surface area contributed by atoms with Gasteiger partial charge in [-0.3, -0.25) is 0 Å². The Labute approximate surface area is 160 Å². The number of halogens is 4. The summed E-state index contributed by atoms with van der Waals surface area (Å²) in [6.07, 6.45) is -2.56. The zero-order valence-corrected chi connectivity index (χ0v) is 15.2. The molecule has 2 aromatic rings. The molecule has 3 aliphatic heterocycles. The molecule has 0 spiro atoms. The molecular formula is C21H21F4N3. The van der Waals surface area contributed by atoms with Crippen LogP contribution in [0.4, 0.5) is 34.6 Å². The van der Waals surface area contributed by atoms with Crippen LogP contribution < -0.4 is 15.5 Å². The van der Waals surface area contributed by atoms with Gasteiger partial charge in [-0.15, -0.1) is 0 Å². The Hall–Kier alpha value is -2.28. The van der Waals surface area contributed by atoms with Crippen molar-refractivity contribution in [3.8, 4) is 0 Å². The van der Waals surface area contributed by atoms with Crippen molar-refractivity contribution in [2.45, 2.75) is 24.9 Å². The van der Waals surface area contributed by atoms with Crippen LogP contribution in [0.1, 0.15) is 29.0 Å². The van der Waals surface area contributed by atoms with Gasteiger partial charge < -0.3 is 15.5 Å². The molecule has 0 aliphatic carbocycles. The number of aryl methyl sites for hydroxylation is 1. The molecule has 148 valence electrons. The molecule has 0 aromatic heterocycles. The van der Waals surface area contributed by atoms with Gasteiger partial charge in [0.1, 0.15) is 5.82 Å². The monoisotopic (exact) mass is 391 g/mol. The molecule has 7 heteroatoms. The summed E-state index contributed by atoms with van der Waals surface area (Å²) in [5.74, 6) is 0.0747. The minimum atomic E-state index is -4.58. The lowest BCUT2D eigenvalue weighted by Crippen LogP contribution is -2.41. The third kappa shape index (κ3) is 3.02. The molecule has 2 N–H and O–H groups in total. The molecule has 0 amide bonds. The average Bonchev–Trinajstić information content (AvgIpc) is 3.09. The van der Waals surface area contributed by atoms with E-state index in [9.17, 15) is 17.6 Å². The number of rotatable bonds is 2. The van der Waals surface area contributed by atoms with E-state index in [4.69, 9.17) is 0 Å². The average molecular weight is 391 g/mol. The smallest absolute Gasteiger partial charge is 0.371 e. The van der Waals surface area contributed by atoms with Crippen molar-refractivity contribution >= 4 is 17.1 Å². The predicted octanol–water partition coefficient (Wildman–Crippen LogP) is 4.66. The van der Waals surface area contributed by atoms with Gasteiger partial charge in [0.05, 0.1) is 5.56 Å². The van der Waals surface area contributed by atoms with Gasteiger partial charge in [-0.25, -0.2) is 4.39 Å². The summed E-state index contributed by atoms with van der Waals surface area (Å²) in [6, 6.07) is 6.63. The third-order valence-corrected chi connectivity index (χ3v) is 6.12. The third-order valence-electron chi connectivity index (χ3n) is 6.12. The number of anilines is 3. The maximum atomic E-state index is 13.8. The number of nitrogens with one attached hydrogen (secondary N) is 2. The van der Waals surface area contributed by atoms with Gasteiger partial charge in [-0.1, -0.05) is 0 Å². The Kier molecular flexibility index (Phi) is 4.05. The minimum Gasteiger partial charge on any atom is -0.371 e. The van der Waals surface area contributed by atoms with E-state index < -0.39 is 17.6 Å². The number of hydrogen-bond donors (Lipinski definition) is 2. The first-order valence-corrected chi connectivity index (χ1v) is 9.66. The maximum absolute atomic E-state index is 13.8. The minimum absolute atomic E-state index is 0.115. The number of alkyl halides is 3. The highest BCUT2D eigenvalue weighted by Crippen LogP contribution is 2.46. The van der Waals surface area contributed by atoms with Crippen molar-refractivity contribution in [1.29, 1.82) is 0 Å². The fraction of sp³-hybridized carbons (Fsp3) is 0.429. The summed E-state index contributed by atoms with van der Waals surface area (Å²) >= 11 is 0. The Balaban J connectivity index is 1.54. The lowest BCUT2D eigenvalue weighted by Gasteiger charge is -2.42. The first kappa shape index (κ1) is 17.8. The summed E-state index contributed by atoms with van der Waals surface area (Å²) in [6.45, 7) is 4.02. The molecule has 1 fully saturated rings. The zero-order valence-electron chi connectivity index (χ0n) is 15.2. The summed E-state index contributed by atoms with van der Waals surface area (Å²) in [7, 11) is 0. The molecule has 2 aromatic carbocycles. The fourth-order valence-corrected chi connectivity index (χ4v) is 4.97. The van der Waals surface area contributed by atoms with Gasteiger partial charge in [0.25, 0.3) is 0 Å². The first-order valence-electron chi connectivity index (χ1n) is 9.66. The van der Waals surface area contributed by atoms with E-state index in [-0.39, 0.29) is 5.69 Å². The van der Waals surface area contributed by atoms with Crippen LogP contribution in [0.3, 0.4) is 0 Å². The van der Waals surface area contributed by atoms with Crippen LogP contribution in [0.25, 0.3) is 0 Å². The van der Waals surface area contributed by atoms with E-state index in [1.807, 2.05) is 12.1 Å². The van der Waals surface area contributed by atoms with Crippen LogP contribution in [0, 0.1) is 11.7 Å². The van der Waals surface area contributed by atoms with E-state index in [1.54, 1.807) is 0 Å². The van der Waals surface area contributed by atoms with Crippen molar-refractivity contribution in [2.75, 3.05) is 36.4 Å². The summed E-state index contributed by atoms with van der Waals surface area (Å²) in [5, 5.41) is 6.49. The number of hydrogen-bond acceptors (Lipinski definition) is 3. The van der Waals surface area contributed by atoms with Gasteiger partial charge in [-0.2, -0.15) is 13.2 Å². The van der Waals surface area contributed by atoms with E-state index in [2.05, 4.69) is 15.5 Å². The highest BCUT2D eigenvalue weighted by molar-refractivity contribution is 5.73. The highest BCUT2D eigenvalue weighted by atomic mass is 19.4. The Morgan fingerprint density at radius 1 is 1.04 bits per heavy atom. The molecule has 0 radical (unpaired) electrons. The normalized spacial score (nSPS) is 23.4. The molecular weight excluding hydrogens is 370 g/mol. The summed E-state index contributed by atoms with van der Waals surface area (Å²) in [4.78, 5) is 2.45. The second-order valence-electron chi connectivity index (χ2n) is 8.00. The number of benzene rings is 2. The van der Waals surface area contributed by atoms with Crippen LogP contribution in [0.5, 0.6) is 0 Å². The van der Waals surface area contributed by atoms with Crippen LogP contribution in [0.2, 0.25) is 0 Å². The summed E-state index contributed by atoms with van der Waals surface area (Å²) in [5.41, 5.74) is 3.64. The van der Waals surface area contributed by atoms with E-state index in [1.165, 1.54) is 16.8 Å². The van der Waals surface area contributed by atoms with E-state index in [0.29, 0.717) is 17.9 Å². The molecule has 3 aliphatic rings. The SMILES string of the molecule is Fc1cc(Nc2cc3c4c(c2)C2CNCC2CN4CCC3)cc(C(F)(F)F)c1. The highest BCUT2D eigenvalue weighted by Gasteiger charge is 2.39. The van der Waals surface area contributed by atoms with Crippen molar-refractivity contribution in [3.63, 3.8) is 0 Å². The second kappa shape index (κ2) is 6.37. The molecule has 2 unspecified atom stereocenters. The molecule has 0 saturated carbocycles. The van der Waals surface area contributed by atoms with Crippen LogP contribution in [-0.4, -0.2) is 26.2 Å². The van der Waals surface area contributed by atoms with Crippen LogP contribution in [-0.2, 0) is 12.6 Å². The van der Waals surface area contributed by atoms with E-state index >= 15 is 0 Å². The topological polar surface area (TPSA) is 27.3 Å². The maximum Gasteiger partial charge on any atom is 0.416 e. The lowest BCUT2D eigenvalue weighted by atomic mass is 9.80. The Bertz CT molecular complexity index is 925. The quantitative estimate of drug-likeness (QED) is 0.730. The Morgan fingerprint density at radius 2 is 1.86 bits per heavy atom. The molecule has 1 saturated heterocycles. The predicted molar refractivity (Wildman–Crippen MR) is 101 cm³/mol. The number of nitrogens with zero attached hydrogens (tertiary/aromatic N) is 1. The molecule has 0 bridgehead atoms. The van der Waals surface area contributed by atoms with Gasteiger partial charge in [0.2, 0.25) is 0 Å². The van der Waals surface area contributed by atoms with Crippen LogP contribution in [0.15, 0.2) is 30.3 Å². The standard InChI is InChI=1S/C21H21F4N3/c22-15-5-14(21(23,24)25)6-17(7-15)27-16-4-12-2-1-3-28-11-13-9-26-10-19(13)18(8-16)20(12)28/h4-8,13,19,26-27H,1-3,9-11H2. The van der Waals surface area contributed by atoms with Gasteiger partial charge >= 0.3 is 6.18 Å². The molecule has 2 atom stereocenters. The van der Waals surface area contributed by atoms with Crippen molar-refractivity contribution in [3.05, 3.63) is 52.8 Å². The van der Waals surface area contributed by atoms with Crippen molar-refractivity contribution < 1.29 is 17.6 Å². The number of fused-ring (bicyclic) bond motifs is 2. The van der Waals surface area contributed by atoms with Crippen LogP contribution >= 0.6 is 0 Å². The first-order chi connectivity index (χ1) is 13.4. The van der Waals surface area contributed by atoms with Gasteiger partial charge in [0.15, 0.2) is 0 Å². The molecule has 3 nitrogen and oxygen atoms in total. The zero-order chi connectivity index (χ0) is 19.5. The van der Waals surface area contributed by atoms with E-state index in [0.717, 1.165) is 56.8 Å². The van der Waals surface area contributed by atoms with Crippen molar-refractivity contribution in [1.82, 2.24) is 5.32 Å². The largest absolute Gasteiger partial charge is 0.416 e. The second-order valence-corrected chi connectivity index (χ2v) is 8.00. The molecule has 5 rings (SSSR count). The summed E-state index contributed by atoms with van der Waals surface area (Å²) < 4.78 is 52.8.